The maximum absolute atomic E-state index is 13.9. The van der Waals surface area contributed by atoms with Gasteiger partial charge in [0.05, 0.1) is 30.9 Å². The highest BCUT2D eigenvalue weighted by Crippen LogP contribution is 2.29. The number of aliphatic hydroxyl groups is 1. The van der Waals surface area contributed by atoms with Gasteiger partial charge in [-0.25, -0.2) is 18.2 Å². The Labute approximate surface area is 200 Å². The van der Waals surface area contributed by atoms with E-state index in [1.54, 1.807) is 30.5 Å². The average Bonchev–Trinajstić information content (AvgIpc) is 3.30. The van der Waals surface area contributed by atoms with Gasteiger partial charge in [-0.1, -0.05) is 17.3 Å². The number of hydrogen-bond donors (Lipinski definition) is 1. The van der Waals surface area contributed by atoms with E-state index in [4.69, 9.17) is 9.57 Å². The second kappa shape index (κ2) is 10.6. The number of aryl methyl sites for hydroxylation is 1. The lowest BCUT2D eigenvalue weighted by atomic mass is 10.0. The van der Waals surface area contributed by atoms with Crippen molar-refractivity contribution in [3.8, 4) is 11.4 Å². The molecule has 0 fully saturated rings. The van der Waals surface area contributed by atoms with Gasteiger partial charge in [0.1, 0.15) is 12.4 Å². The zero-order valence-electron chi connectivity index (χ0n) is 19.3. The molecule has 0 amide bonds. The van der Waals surface area contributed by atoms with Crippen molar-refractivity contribution in [3.05, 3.63) is 83.2 Å². The van der Waals surface area contributed by atoms with Gasteiger partial charge in [-0.15, -0.1) is 0 Å². The third-order valence-corrected chi connectivity index (χ3v) is 5.63. The quantitative estimate of drug-likeness (QED) is 0.479. The minimum absolute atomic E-state index is 0.0140. The van der Waals surface area contributed by atoms with Crippen molar-refractivity contribution in [1.29, 1.82) is 0 Å². The number of benzene rings is 2. The second-order valence-corrected chi connectivity index (χ2v) is 8.02. The number of ether oxygens (including phenoxy) is 1. The number of halogens is 3. The molecular weight excluding hydrogens is 461 g/mol. The Bertz CT molecular complexity index is 1240. The van der Waals surface area contributed by atoms with Gasteiger partial charge in [-0.3, -0.25) is 0 Å². The normalized spacial score (nSPS) is 15.9. The van der Waals surface area contributed by atoms with Gasteiger partial charge in [0.25, 0.3) is 0 Å². The summed E-state index contributed by atoms with van der Waals surface area (Å²) in [6.07, 6.45) is 7.49. The van der Waals surface area contributed by atoms with E-state index in [1.807, 2.05) is 35.9 Å². The van der Waals surface area contributed by atoms with Crippen LogP contribution in [0.4, 0.5) is 13.2 Å². The SMILES string of the molecule is COc1cc(/C=C/C2=NOC[C@H](c3cc(F)c(F)c(F)c3)N2CCCO)ccc1-n1cnc(C)c1. The Morgan fingerprint density at radius 3 is 2.60 bits per heavy atom. The molecule has 1 aromatic heterocycles. The fourth-order valence-corrected chi connectivity index (χ4v) is 3.89. The number of hydrogen-bond acceptors (Lipinski definition) is 6. The molecule has 0 unspecified atom stereocenters. The summed E-state index contributed by atoms with van der Waals surface area (Å²) in [5, 5.41) is 13.4. The van der Waals surface area contributed by atoms with Crippen molar-refractivity contribution >= 4 is 11.9 Å². The van der Waals surface area contributed by atoms with Crippen LogP contribution in [-0.2, 0) is 4.84 Å². The van der Waals surface area contributed by atoms with Crippen molar-refractivity contribution in [2.75, 3.05) is 26.9 Å². The van der Waals surface area contributed by atoms with Crippen LogP contribution < -0.4 is 4.74 Å². The van der Waals surface area contributed by atoms with Crippen LogP contribution >= 0.6 is 0 Å². The summed E-state index contributed by atoms with van der Waals surface area (Å²) in [5.74, 6) is -3.04. The van der Waals surface area contributed by atoms with Gasteiger partial charge in [0.2, 0.25) is 0 Å². The Hall–Kier alpha value is -3.79. The number of nitrogens with zero attached hydrogens (tertiary/aromatic N) is 4. The topological polar surface area (TPSA) is 72.1 Å². The van der Waals surface area contributed by atoms with Gasteiger partial charge in [0, 0.05) is 19.3 Å². The monoisotopic (exact) mass is 486 g/mol. The average molecular weight is 486 g/mol. The zero-order chi connectivity index (χ0) is 24.9. The van der Waals surface area contributed by atoms with E-state index in [2.05, 4.69) is 10.1 Å². The second-order valence-electron chi connectivity index (χ2n) is 8.02. The molecule has 1 N–H and O–H groups in total. The number of methoxy groups -OCH3 is 1. The molecule has 10 heteroatoms. The third kappa shape index (κ3) is 5.32. The van der Waals surface area contributed by atoms with Crippen LogP contribution in [0.5, 0.6) is 5.75 Å². The Morgan fingerprint density at radius 1 is 1.17 bits per heavy atom. The summed E-state index contributed by atoms with van der Waals surface area (Å²) in [6.45, 7) is 2.17. The fraction of sp³-hybridized carbons (Fsp3) is 0.280. The molecule has 7 nitrogen and oxygen atoms in total. The lowest BCUT2D eigenvalue weighted by Crippen LogP contribution is -2.40. The standard InChI is InChI=1S/C25H25F3N4O3/c1-16-13-31(15-29-16)21-6-4-17(10-23(21)34-2)5-7-24-30-35-14-22(32(24)8-3-9-33)18-11-19(26)25(28)20(27)12-18/h4-7,10-13,15,22,33H,3,8-9,14H2,1-2H3/b7-5+/t22-/m1/s1. The fourth-order valence-electron chi connectivity index (χ4n) is 3.89. The van der Waals surface area contributed by atoms with Crippen molar-refractivity contribution in [2.45, 2.75) is 19.4 Å². The summed E-state index contributed by atoms with van der Waals surface area (Å²) in [6, 6.07) is 6.93. The first kappa shape index (κ1) is 24.3. The highest BCUT2D eigenvalue weighted by molar-refractivity contribution is 5.96. The van der Waals surface area contributed by atoms with Crippen LogP contribution in [0.15, 0.2) is 54.1 Å². The minimum atomic E-state index is -1.52. The summed E-state index contributed by atoms with van der Waals surface area (Å²) >= 11 is 0. The predicted octanol–water partition coefficient (Wildman–Crippen LogP) is 4.39. The first-order valence-electron chi connectivity index (χ1n) is 11.0. The molecule has 0 saturated heterocycles. The molecule has 35 heavy (non-hydrogen) atoms. The molecule has 1 aliphatic rings. The largest absolute Gasteiger partial charge is 0.495 e. The van der Waals surface area contributed by atoms with Gasteiger partial charge >= 0.3 is 0 Å². The first-order valence-corrected chi connectivity index (χ1v) is 11.0. The molecule has 0 aliphatic carbocycles. The number of aromatic nitrogens is 2. The van der Waals surface area contributed by atoms with E-state index in [0.29, 0.717) is 24.6 Å². The van der Waals surface area contributed by atoms with E-state index < -0.39 is 23.5 Å². The molecule has 0 saturated carbocycles. The Morgan fingerprint density at radius 2 is 1.94 bits per heavy atom. The number of rotatable bonds is 8. The van der Waals surface area contributed by atoms with Crippen LogP contribution in [0.3, 0.4) is 0 Å². The summed E-state index contributed by atoms with van der Waals surface area (Å²) < 4.78 is 48.7. The molecule has 2 heterocycles. The highest BCUT2D eigenvalue weighted by atomic mass is 19.2. The van der Waals surface area contributed by atoms with E-state index >= 15 is 0 Å². The van der Waals surface area contributed by atoms with E-state index in [-0.39, 0.29) is 18.8 Å². The molecule has 2 aromatic carbocycles. The summed E-state index contributed by atoms with van der Waals surface area (Å²) in [7, 11) is 1.58. The van der Waals surface area contributed by atoms with Crippen LogP contribution in [0.2, 0.25) is 0 Å². The van der Waals surface area contributed by atoms with Crippen molar-refractivity contribution < 1.29 is 27.9 Å². The van der Waals surface area contributed by atoms with Crippen LogP contribution in [0.25, 0.3) is 11.8 Å². The molecule has 0 bridgehead atoms. The minimum Gasteiger partial charge on any atom is -0.495 e. The van der Waals surface area contributed by atoms with E-state index in [9.17, 15) is 18.3 Å². The predicted molar refractivity (Wildman–Crippen MR) is 125 cm³/mol. The number of oxime groups is 1. The lowest BCUT2D eigenvalue weighted by molar-refractivity contribution is 0.0589. The van der Waals surface area contributed by atoms with Gasteiger partial charge in [-0.05, 0) is 54.8 Å². The maximum atomic E-state index is 13.9. The molecule has 3 aromatic rings. The van der Waals surface area contributed by atoms with Crippen molar-refractivity contribution in [2.24, 2.45) is 5.16 Å². The molecule has 0 spiro atoms. The van der Waals surface area contributed by atoms with E-state index in [0.717, 1.165) is 29.1 Å². The van der Waals surface area contributed by atoms with Gasteiger partial charge in [-0.2, -0.15) is 0 Å². The van der Waals surface area contributed by atoms with Crippen LogP contribution in [-0.4, -0.2) is 52.3 Å². The smallest absolute Gasteiger partial charge is 0.194 e. The summed E-state index contributed by atoms with van der Waals surface area (Å²) in [4.78, 5) is 11.3. The summed E-state index contributed by atoms with van der Waals surface area (Å²) in [5.41, 5.74) is 2.73. The zero-order valence-corrected chi connectivity index (χ0v) is 19.3. The van der Waals surface area contributed by atoms with Gasteiger partial charge < -0.3 is 24.1 Å². The molecule has 0 radical (unpaired) electrons. The molecule has 1 atom stereocenters. The van der Waals surface area contributed by atoms with Crippen LogP contribution in [0.1, 0.15) is 29.3 Å². The lowest BCUT2D eigenvalue weighted by Gasteiger charge is -2.35. The number of amidine groups is 1. The molecular formula is C25H25F3N4O3. The first-order chi connectivity index (χ1) is 16.9. The third-order valence-electron chi connectivity index (χ3n) is 5.63. The number of aliphatic hydroxyl groups excluding tert-OH is 1. The molecule has 1 aliphatic heterocycles. The van der Waals surface area contributed by atoms with Gasteiger partial charge in [0.15, 0.2) is 23.3 Å². The van der Waals surface area contributed by atoms with E-state index in [1.165, 1.54) is 0 Å². The van der Waals surface area contributed by atoms with Crippen molar-refractivity contribution in [3.63, 3.8) is 0 Å². The number of imidazole rings is 1. The maximum Gasteiger partial charge on any atom is 0.194 e. The Kier molecular flexibility index (Phi) is 7.40. The molecule has 184 valence electrons. The highest BCUT2D eigenvalue weighted by Gasteiger charge is 2.29. The van der Waals surface area contributed by atoms with Crippen molar-refractivity contribution in [1.82, 2.24) is 14.5 Å². The Balaban J connectivity index is 1.61. The van der Waals surface area contributed by atoms with Crippen LogP contribution in [0, 0.1) is 24.4 Å². The molecule has 4 rings (SSSR count).